The van der Waals surface area contributed by atoms with Crippen molar-refractivity contribution in [3.8, 4) is 0 Å². The van der Waals surface area contributed by atoms with Gasteiger partial charge in [0, 0.05) is 6.54 Å². The fourth-order valence-electron chi connectivity index (χ4n) is 5.25. The highest BCUT2D eigenvalue weighted by Gasteiger charge is 2.66. The average Bonchev–Trinajstić information content (AvgIpc) is 2.34. The molecule has 2 bridgehead atoms. The minimum atomic E-state index is -0.861. The zero-order valence-electron chi connectivity index (χ0n) is 15.2. The minimum Gasteiger partial charge on any atom is -0.444 e. The van der Waals surface area contributed by atoms with Gasteiger partial charge in [0.2, 0.25) is 0 Å². The Morgan fingerprint density at radius 3 is 2.35 bits per heavy atom. The first-order valence-corrected chi connectivity index (χ1v) is 8.86. The highest BCUT2D eigenvalue weighted by molar-refractivity contribution is 5.69. The molecule has 132 valence electrons. The zero-order chi connectivity index (χ0) is 17.3. The van der Waals surface area contributed by atoms with Crippen molar-refractivity contribution >= 4 is 6.09 Å². The van der Waals surface area contributed by atoms with Crippen molar-refractivity contribution in [1.82, 2.24) is 4.90 Å². The van der Waals surface area contributed by atoms with E-state index in [0.717, 1.165) is 19.3 Å². The molecule has 3 N–H and O–H groups in total. The van der Waals surface area contributed by atoms with Crippen LogP contribution in [0.25, 0.3) is 0 Å². The number of hydrogen-bond donors (Lipinski definition) is 2. The number of hydrogen-bond acceptors (Lipinski definition) is 4. The van der Waals surface area contributed by atoms with Crippen LogP contribution in [0, 0.1) is 11.3 Å². The van der Waals surface area contributed by atoms with Gasteiger partial charge in [-0.25, -0.2) is 4.79 Å². The van der Waals surface area contributed by atoms with Crippen molar-refractivity contribution in [2.45, 2.75) is 89.5 Å². The maximum atomic E-state index is 12.6. The summed E-state index contributed by atoms with van der Waals surface area (Å²) in [5.74, 6) is 0.366. The van der Waals surface area contributed by atoms with E-state index < -0.39 is 16.7 Å². The van der Waals surface area contributed by atoms with E-state index in [-0.39, 0.29) is 17.6 Å². The molecule has 23 heavy (non-hydrogen) atoms. The Labute approximate surface area is 139 Å². The van der Waals surface area contributed by atoms with Crippen LogP contribution in [0.3, 0.4) is 0 Å². The van der Waals surface area contributed by atoms with Crippen molar-refractivity contribution in [3.63, 3.8) is 0 Å². The molecule has 2 heterocycles. The lowest BCUT2D eigenvalue weighted by molar-refractivity contribution is -0.202. The molecule has 4 aliphatic rings. The van der Waals surface area contributed by atoms with Gasteiger partial charge >= 0.3 is 6.09 Å². The third-order valence-electron chi connectivity index (χ3n) is 5.94. The molecule has 2 aliphatic heterocycles. The lowest BCUT2D eigenvalue weighted by Crippen LogP contribution is -2.80. The second-order valence-electron chi connectivity index (χ2n) is 9.89. The highest BCUT2D eigenvalue weighted by Crippen LogP contribution is 2.58. The molecule has 2 saturated carbocycles. The van der Waals surface area contributed by atoms with Gasteiger partial charge in [-0.2, -0.15) is 0 Å². The first-order valence-electron chi connectivity index (χ1n) is 8.86. The maximum Gasteiger partial charge on any atom is 0.410 e. The van der Waals surface area contributed by atoms with E-state index >= 15 is 0 Å². The monoisotopic (exact) mass is 324 g/mol. The molecule has 0 aromatic rings. The van der Waals surface area contributed by atoms with E-state index in [1.54, 1.807) is 4.90 Å². The average molecular weight is 324 g/mol. The van der Waals surface area contributed by atoms with Crippen LogP contribution in [-0.4, -0.2) is 45.4 Å². The second kappa shape index (κ2) is 4.85. The Kier molecular flexibility index (Phi) is 3.59. The van der Waals surface area contributed by atoms with Gasteiger partial charge in [-0.15, -0.1) is 0 Å². The molecule has 2 saturated heterocycles. The number of aliphatic hydroxyl groups is 1. The Balaban J connectivity index is 1.83. The lowest BCUT2D eigenvalue weighted by atomic mass is 9.48. The summed E-state index contributed by atoms with van der Waals surface area (Å²) in [5, 5.41) is 11.2. The fourth-order valence-corrected chi connectivity index (χ4v) is 5.25. The van der Waals surface area contributed by atoms with Crippen molar-refractivity contribution < 1.29 is 14.6 Å². The number of fused-ring (bicyclic) bond motifs is 3. The minimum absolute atomic E-state index is 0.122. The first kappa shape index (κ1) is 17.0. The number of ether oxygens (including phenoxy) is 1. The van der Waals surface area contributed by atoms with Crippen LogP contribution in [0.1, 0.15) is 66.7 Å². The SMILES string of the molecule is CC1(C)CC(O)(C2(N)CC3CCC2N(C(=O)OC(C)(C)C)C3)C1. The van der Waals surface area contributed by atoms with E-state index in [9.17, 15) is 9.90 Å². The number of nitrogens with two attached hydrogens (primary N) is 1. The summed E-state index contributed by atoms with van der Waals surface area (Å²) in [6, 6.07) is -0.122. The summed E-state index contributed by atoms with van der Waals surface area (Å²) in [7, 11) is 0. The quantitative estimate of drug-likeness (QED) is 0.777. The second-order valence-corrected chi connectivity index (χ2v) is 9.89. The molecular formula is C18H32N2O3. The molecule has 4 fully saturated rings. The molecule has 0 aromatic heterocycles. The fraction of sp³-hybridized carbons (Fsp3) is 0.944. The number of rotatable bonds is 1. The summed E-state index contributed by atoms with van der Waals surface area (Å²) in [6.07, 6.45) is 3.89. The summed E-state index contributed by atoms with van der Waals surface area (Å²) in [4.78, 5) is 14.4. The molecule has 0 aromatic carbocycles. The third-order valence-corrected chi connectivity index (χ3v) is 5.94. The molecule has 0 spiro atoms. The van der Waals surface area contributed by atoms with Crippen LogP contribution in [0.15, 0.2) is 0 Å². The van der Waals surface area contributed by atoms with Gasteiger partial charge in [0.15, 0.2) is 0 Å². The molecule has 3 unspecified atom stereocenters. The molecule has 2 aliphatic carbocycles. The normalized spacial score (nSPS) is 38.1. The maximum absolute atomic E-state index is 12.6. The highest BCUT2D eigenvalue weighted by atomic mass is 16.6. The van der Waals surface area contributed by atoms with Gasteiger partial charge in [0.25, 0.3) is 0 Å². The van der Waals surface area contributed by atoms with Crippen LogP contribution >= 0.6 is 0 Å². The van der Waals surface area contributed by atoms with E-state index in [1.807, 2.05) is 20.8 Å². The molecule has 0 radical (unpaired) electrons. The van der Waals surface area contributed by atoms with Gasteiger partial charge in [0.1, 0.15) is 5.60 Å². The van der Waals surface area contributed by atoms with E-state index in [1.165, 1.54) is 0 Å². The lowest BCUT2D eigenvalue weighted by Gasteiger charge is -2.66. The Hall–Kier alpha value is -0.810. The van der Waals surface area contributed by atoms with Crippen molar-refractivity contribution in [1.29, 1.82) is 0 Å². The molecular weight excluding hydrogens is 292 g/mol. The number of nitrogens with zero attached hydrogens (tertiary/aromatic N) is 1. The predicted octanol–water partition coefficient (Wildman–Crippen LogP) is 2.65. The van der Waals surface area contributed by atoms with Gasteiger partial charge in [-0.05, 0) is 64.2 Å². The summed E-state index contributed by atoms with van der Waals surface area (Å²) in [5.41, 5.74) is 4.85. The standard InChI is InChI=1S/C18H32N2O3/c1-15(2,3)23-14(21)20-9-12-6-7-13(20)18(19,8-12)17(22)10-16(4,5)11-17/h12-13,22H,6-11,19H2,1-5H3. The van der Waals surface area contributed by atoms with Crippen molar-refractivity contribution in [3.05, 3.63) is 0 Å². The van der Waals surface area contributed by atoms with Crippen LogP contribution < -0.4 is 5.73 Å². The summed E-state index contributed by atoms with van der Waals surface area (Å²) in [6.45, 7) is 10.7. The molecule has 3 atom stereocenters. The first-order chi connectivity index (χ1) is 10.4. The van der Waals surface area contributed by atoms with Crippen LogP contribution in [-0.2, 0) is 4.74 Å². The Morgan fingerprint density at radius 1 is 1.26 bits per heavy atom. The molecule has 5 nitrogen and oxygen atoms in total. The zero-order valence-corrected chi connectivity index (χ0v) is 15.2. The summed E-state index contributed by atoms with van der Waals surface area (Å²) < 4.78 is 5.58. The van der Waals surface area contributed by atoms with Gasteiger partial charge in [-0.3, -0.25) is 0 Å². The van der Waals surface area contributed by atoms with E-state index in [2.05, 4.69) is 13.8 Å². The summed E-state index contributed by atoms with van der Waals surface area (Å²) >= 11 is 0. The molecule has 5 heteroatoms. The smallest absolute Gasteiger partial charge is 0.410 e. The van der Waals surface area contributed by atoms with Crippen molar-refractivity contribution in [2.75, 3.05) is 6.54 Å². The largest absolute Gasteiger partial charge is 0.444 e. The molecule has 1 amide bonds. The van der Waals surface area contributed by atoms with Crippen LogP contribution in [0.5, 0.6) is 0 Å². The third kappa shape index (κ3) is 2.76. The number of carbonyl (C=O) groups is 1. The number of carbonyl (C=O) groups excluding carboxylic acids is 1. The number of amides is 1. The van der Waals surface area contributed by atoms with Gasteiger partial charge in [0.05, 0.1) is 17.2 Å². The topological polar surface area (TPSA) is 75.8 Å². The van der Waals surface area contributed by atoms with Crippen molar-refractivity contribution in [2.24, 2.45) is 17.1 Å². The van der Waals surface area contributed by atoms with E-state index in [4.69, 9.17) is 10.5 Å². The van der Waals surface area contributed by atoms with Gasteiger partial charge < -0.3 is 20.5 Å². The van der Waals surface area contributed by atoms with E-state index in [0.29, 0.717) is 25.3 Å². The van der Waals surface area contributed by atoms with Crippen LogP contribution in [0.4, 0.5) is 4.79 Å². The van der Waals surface area contributed by atoms with Crippen LogP contribution in [0.2, 0.25) is 0 Å². The number of piperidine rings is 2. The Bertz CT molecular complexity index is 503. The Morgan fingerprint density at radius 2 is 1.87 bits per heavy atom. The molecule has 4 rings (SSSR count). The predicted molar refractivity (Wildman–Crippen MR) is 89.0 cm³/mol. The van der Waals surface area contributed by atoms with Gasteiger partial charge in [-0.1, -0.05) is 13.8 Å².